The molecule has 130 valence electrons. The number of piperidine rings is 1. The molecule has 2 aliphatic rings. The van der Waals surface area contributed by atoms with Crippen molar-refractivity contribution in [2.45, 2.75) is 38.3 Å². The van der Waals surface area contributed by atoms with Gasteiger partial charge in [0.2, 0.25) is 5.91 Å². The fourth-order valence-corrected chi connectivity index (χ4v) is 3.28. The van der Waals surface area contributed by atoms with E-state index < -0.39 is 0 Å². The van der Waals surface area contributed by atoms with E-state index in [0.29, 0.717) is 0 Å². The molecule has 1 unspecified atom stereocenters. The highest BCUT2D eigenvalue weighted by molar-refractivity contribution is 5.85. The molecule has 2 aliphatic heterocycles. The lowest BCUT2D eigenvalue weighted by Gasteiger charge is -2.28. The summed E-state index contributed by atoms with van der Waals surface area (Å²) in [5.74, 6) is 0.140. The van der Waals surface area contributed by atoms with Crippen LogP contribution in [0.2, 0.25) is 0 Å². The summed E-state index contributed by atoms with van der Waals surface area (Å²) in [4.78, 5) is 14.7. The molecule has 3 rings (SSSR count). The van der Waals surface area contributed by atoms with Crippen LogP contribution in [0.3, 0.4) is 0 Å². The third kappa shape index (κ3) is 5.64. The zero-order chi connectivity index (χ0) is 14.5. The number of likely N-dealkylation sites (tertiary alicyclic amines) is 1. The van der Waals surface area contributed by atoms with Gasteiger partial charge in [-0.15, -0.1) is 24.8 Å². The van der Waals surface area contributed by atoms with Crippen LogP contribution in [0, 0.1) is 0 Å². The quantitative estimate of drug-likeness (QED) is 0.865. The topological polar surface area (TPSA) is 44.4 Å². The Labute approximate surface area is 151 Å². The molecule has 6 heteroatoms. The fourth-order valence-electron chi connectivity index (χ4n) is 3.28. The summed E-state index contributed by atoms with van der Waals surface area (Å²) in [7, 11) is 0. The Morgan fingerprint density at radius 3 is 2.57 bits per heavy atom. The number of hydrogen-bond acceptors (Lipinski definition) is 3. The van der Waals surface area contributed by atoms with Gasteiger partial charge in [0, 0.05) is 19.6 Å². The van der Waals surface area contributed by atoms with E-state index in [2.05, 4.69) is 39.8 Å². The first-order valence-corrected chi connectivity index (χ1v) is 8.13. The molecule has 1 fully saturated rings. The highest BCUT2D eigenvalue weighted by Crippen LogP contribution is 2.16. The first-order chi connectivity index (χ1) is 10.3. The lowest BCUT2D eigenvalue weighted by molar-refractivity contribution is -0.123. The van der Waals surface area contributed by atoms with Crippen LogP contribution >= 0.6 is 24.8 Å². The number of hydrogen-bond donors (Lipinski definition) is 2. The molecule has 2 heterocycles. The van der Waals surface area contributed by atoms with Crippen LogP contribution in [0.25, 0.3) is 0 Å². The van der Waals surface area contributed by atoms with E-state index in [0.717, 1.165) is 26.1 Å². The molecule has 4 nitrogen and oxygen atoms in total. The number of nitrogens with one attached hydrogen (secondary N) is 2. The molecule has 23 heavy (non-hydrogen) atoms. The molecule has 0 saturated carbocycles. The van der Waals surface area contributed by atoms with Gasteiger partial charge in [-0.1, -0.05) is 30.7 Å². The van der Waals surface area contributed by atoms with Crippen LogP contribution in [-0.2, 0) is 17.8 Å². The summed E-state index contributed by atoms with van der Waals surface area (Å²) in [6, 6.07) is 8.28. The van der Waals surface area contributed by atoms with E-state index in [1.807, 2.05) is 0 Å². The van der Waals surface area contributed by atoms with Crippen molar-refractivity contribution in [1.29, 1.82) is 0 Å². The summed E-state index contributed by atoms with van der Waals surface area (Å²) >= 11 is 0. The van der Waals surface area contributed by atoms with Crippen LogP contribution in [0.5, 0.6) is 0 Å². The number of fused-ring (bicyclic) bond motifs is 1. The Morgan fingerprint density at radius 2 is 1.83 bits per heavy atom. The Bertz CT molecular complexity index is 492. The fraction of sp³-hybridized carbons (Fsp3) is 0.588. The monoisotopic (exact) mass is 359 g/mol. The number of carbonyl (C=O) groups excluding carboxylic acids is 1. The molecule has 0 spiro atoms. The third-order valence-corrected chi connectivity index (χ3v) is 4.57. The van der Waals surface area contributed by atoms with Gasteiger partial charge in [-0.3, -0.25) is 4.79 Å². The third-order valence-electron chi connectivity index (χ3n) is 4.57. The van der Waals surface area contributed by atoms with Gasteiger partial charge < -0.3 is 15.5 Å². The summed E-state index contributed by atoms with van der Waals surface area (Å²) < 4.78 is 0. The molecular weight excluding hydrogens is 333 g/mol. The molecule has 0 bridgehead atoms. The van der Waals surface area contributed by atoms with Crippen LogP contribution in [0.15, 0.2) is 24.3 Å². The molecule has 1 saturated heterocycles. The number of rotatable bonds is 4. The number of carbonyl (C=O) groups is 1. The molecule has 0 radical (unpaired) electrons. The van der Waals surface area contributed by atoms with Crippen molar-refractivity contribution in [3.05, 3.63) is 35.4 Å². The molecular formula is C17H27Cl2N3O. The van der Waals surface area contributed by atoms with Crippen molar-refractivity contribution in [3.8, 4) is 0 Å². The van der Waals surface area contributed by atoms with Crippen LogP contribution in [0.1, 0.15) is 30.4 Å². The molecule has 0 aromatic heterocycles. The normalized spacial score (nSPS) is 20.6. The lowest BCUT2D eigenvalue weighted by Crippen LogP contribution is -2.49. The van der Waals surface area contributed by atoms with Gasteiger partial charge in [-0.2, -0.15) is 0 Å². The standard InChI is InChI=1S/C17H25N3O.2ClH/c21-17(18-8-11-20-9-4-1-5-10-20)16-12-14-6-2-3-7-15(14)13-19-16;;/h2-3,6-7,16,19H,1,4-5,8-13H2,(H,18,21);2*1H. The zero-order valence-electron chi connectivity index (χ0n) is 13.4. The highest BCUT2D eigenvalue weighted by Gasteiger charge is 2.23. The number of nitrogens with zero attached hydrogens (tertiary/aromatic N) is 1. The molecule has 1 aromatic rings. The Hall–Kier alpha value is -0.810. The van der Waals surface area contributed by atoms with E-state index in [-0.39, 0.29) is 36.8 Å². The maximum absolute atomic E-state index is 12.3. The average molecular weight is 360 g/mol. The Morgan fingerprint density at radius 1 is 1.13 bits per heavy atom. The molecule has 1 atom stereocenters. The first kappa shape index (κ1) is 20.2. The smallest absolute Gasteiger partial charge is 0.237 e. The predicted molar refractivity (Wildman–Crippen MR) is 98.6 cm³/mol. The largest absolute Gasteiger partial charge is 0.353 e. The summed E-state index contributed by atoms with van der Waals surface area (Å²) in [5, 5.41) is 6.43. The maximum atomic E-state index is 12.3. The van der Waals surface area contributed by atoms with E-state index in [1.54, 1.807) is 0 Å². The summed E-state index contributed by atoms with van der Waals surface area (Å²) in [5.41, 5.74) is 2.61. The number of halogens is 2. The van der Waals surface area contributed by atoms with E-state index in [4.69, 9.17) is 0 Å². The maximum Gasteiger partial charge on any atom is 0.237 e. The van der Waals surface area contributed by atoms with E-state index >= 15 is 0 Å². The summed E-state index contributed by atoms with van der Waals surface area (Å²) in [6.45, 7) is 4.91. The lowest BCUT2D eigenvalue weighted by atomic mass is 9.95. The minimum atomic E-state index is -0.0822. The highest BCUT2D eigenvalue weighted by atomic mass is 35.5. The Balaban J connectivity index is 0.00000132. The van der Waals surface area contributed by atoms with Gasteiger partial charge in [0.25, 0.3) is 0 Å². The average Bonchev–Trinajstić information content (AvgIpc) is 2.55. The molecule has 1 amide bonds. The van der Waals surface area contributed by atoms with Gasteiger partial charge >= 0.3 is 0 Å². The predicted octanol–water partition coefficient (Wildman–Crippen LogP) is 2.15. The van der Waals surface area contributed by atoms with Crippen molar-refractivity contribution < 1.29 is 4.79 Å². The van der Waals surface area contributed by atoms with Gasteiger partial charge in [0.15, 0.2) is 0 Å². The van der Waals surface area contributed by atoms with Gasteiger partial charge in [0.05, 0.1) is 6.04 Å². The summed E-state index contributed by atoms with van der Waals surface area (Å²) in [6.07, 6.45) is 4.75. The van der Waals surface area contributed by atoms with Crippen molar-refractivity contribution in [1.82, 2.24) is 15.5 Å². The van der Waals surface area contributed by atoms with Crippen molar-refractivity contribution in [3.63, 3.8) is 0 Å². The number of benzene rings is 1. The number of amides is 1. The molecule has 0 aliphatic carbocycles. The zero-order valence-corrected chi connectivity index (χ0v) is 15.1. The second kappa shape index (κ2) is 10.1. The van der Waals surface area contributed by atoms with Gasteiger partial charge in [-0.05, 0) is 43.5 Å². The van der Waals surface area contributed by atoms with Crippen molar-refractivity contribution in [2.24, 2.45) is 0 Å². The van der Waals surface area contributed by atoms with Gasteiger partial charge in [-0.25, -0.2) is 0 Å². The minimum absolute atomic E-state index is 0. The first-order valence-electron chi connectivity index (χ1n) is 8.13. The van der Waals surface area contributed by atoms with Crippen LogP contribution in [-0.4, -0.2) is 43.0 Å². The van der Waals surface area contributed by atoms with Crippen LogP contribution < -0.4 is 10.6 Å². The molecule has 1 aromatic carbocycles. The minimum Gasteiger partial charge on any atom is -0.353 e. The van der Waals surface area contributed by atoms with Crippen molar-refractivity contribution in [2.75, 3.05) is 26.2 Å². The Kier molecular flexibility index (Phi) is 8.92. The molecule has 2 N–H and O–H groups in total. The second-order valence-electron chi connectivity index (χ2n) is 6.10. The van der Waals surface area contributed by atoms with Gasteiger partial charge in [0.1, 0.15) is 0 Å². The SMILES string of the molecule is Cl.Cl.O=C(NCCN1CCCCC1)C1Cc2ccccc2CN1. The van der Waals surface area contributed by atoms with Crippen molar-refractivity contribution >= 4 is 30.7 Å². The van der Waals surface area contributed by atoms with Crippen LogP contribution in [0.4, 0.5) is 0 Å². The van der Waals surface area contributed by atoms with E-state index in [1.165, 1.54) is 43.5 Å². The second-order valence-corrected chi connectivity index (χ2v) is 6.10. The van der Waals surface area contributed by atoms with E-state index in [9.17, 15) is 4.79 Å².